The molecule has 0 bridgehead atoms. The van der Waals surface area contributed by atoms with Crippen LogP contribution in [0.1, 0.15) is 13.3 Å². The molecule has 2 aliphatic rings. The molecule has 10 unspecified atom stereocenters. The fourth-order valence-electron chi connectivity index (χ4n) is 3.16. The molecule has 10 heteroatoms. The molecule has 2 saturated heterocycles. The van der Waals surface area contributed by atoms with Crippen LogP contribution >= 0.6 is 0 Å². The Bertz CT molecular complexity index is 470. The fraction of sp³-hybridized carbons (Fsp3) is 0.933. The zero-order valence-corrected chi connectivity index (χ0v) is 13.8. The summed E-state index contributed by atoms with van der Waals surface area (Å²) < 4.78 is 16.4. The summed E-state index contributed by atoms with van der Waals surface area (Å²) in [4.78, 5) is 0. The smallest absolute Gasteiger partial charge is 0.177 e. The first kappa shape index (κ1) is 20.4. The van der Waals surface area contributed by atoms with E-state index < -0.39 is 74.3 Å². The van der Waals surface area contributed by atoms with Gasteiger partial charge < -0.3 is 44.8 Å². The second-order valence-corrected chi connectivity index (χ2v) is 6.25. The topological polar surface area (TPSA) is 173 Å². The molecule has 0 aromatic heterocycles. The van der Waals surface area contributed by atoms with Crippen LogP contribution < -0.4 is 0 Å². The predicted molar refractivity (Wildman–Crippen MR) is 79.8 cm³/mol. The van der Waals surface area contributed by atoms with Crippen molar-refractivity contribution in [3.8, 4) is 6.07 Å². The molecule has 2 fully saturated rings. The molecular formula is C15H25NO9. The molecule has 0 aromatic rings. The van der Waals surface area contributed by atoms with Gasteiger partial charge in [-0.05, 0) is 6.42 Å². The third-order valence-corrected chi connectivity index (χ3v) is 4.69. The summed E-state index contributed by atoms with van der Waals surface area (Å²) in [6, 6.07) is 1.76. The average Bonchev–Trinajstić information content (AvgIpc) is 2.62. The van der Waals surface area contributed by atoms with Gasteiger partial charge in [0.25, 0.3) is 0 Å². The molecule has 2 rings (SSSR count). The number of nitrogens with zero attached hydrogens (tertiary/aromatic N) is 1. The number of rotatable bonds is 5. The molecule has 0 aliphatic carbocycles. The lowest BCUT2D eigenvalue weighted by Gasteiger charge is -2.46. The van der Waals surface area contributed by atoms with Crippen molar-refractivity contribution in [1.29, 1.82) is 5.26 Å². The molecule has 10 atom stereocenters. The molecule has 2 aliphatic heterocycles. The summed E-state index contributed by atoms with van der Waals surface area (Å²) in [5, 5.41) is 68.2. The van der Waals surface area contributed by atoms with Gasteiger partial charge in [-0.15, -0.1) is 0 Å². The maximum atomic E-state index is 10.3. The third kappa shape index (κ3) is 3.95. The van der Waals surface area contributed by atoms with Gasteiger partial charge in [0, 0.05) is 0 Å². The average molecular weight is 363 g/mol. The lowest BCUT2D eigenvalue weighted by Crippen LogP contribution is -2.62. The zero-order valence-electron chi connectivity index (χ0n) is 13.8. The van der Waals surface area contributed by atoms with Gasteiger partial charge in [-0.3, -0.25) is 0 Å². The summed E-state index contributed by atoms with van der Waals surface area (Å²) in [6.07, 6.45) is -10.8. The van der Waals surface area contributed by atoms with E-state index in [-0.39, 0.29) is 0 Å². The van der Waals surface area contributed by atoms with Crippen LogP contribution in [-0.4, -0.2) is 99.0 Å². The fourth-order valence-corrected chi connectivity index (χ4v) is 3.16. The Labute approximate surface area is 144 Å². The van der Waals surface area contributed by atoms with E-state index in [1.807, 2.05) is 0 Å². The molecule has 25 heavy (non-hydrogen) atoms. The van der Waals surface area contributed by atoms with Gasteiger partial charge in [0.15, 0.2) is 6.29 Å². The summed E-state index contributed by atoms with van der Waals surface area (Å²) in [5.41, 5.74) is 0. The van der Waals surface area contributed by atoms with Crippen LogP contribution in [0.5, 0.6) is 0 Å². The summed E-state index contributed by atoms with van der Waals surface area (Å²) >= 11 is 0. The molecule has 144 valence electrons. The number of aliphatic hydroxyl groups is 6. The van der Waals surface area contributed by atoms with Crippen LogP contribution in [0.15, 0.2) is 0 Å². The molecule has 0 radical (unpaired) electrons. The van der Waals surface area contributed by atoms with E-state index in [0.29, 0.717) is 6.42 Å². The maximum absolute atomic E-state index is 10.3. The van der Waals surface area contributed by atoms with Crippen molar-refractivity contribution in [2.45, 2.75) is 68.5 Å². The van der Waals surface area contributed by atoms with Gasteiger partial charge in [-0.2, -0.15) is 5.26 Å². The van der Waals surface area contributed by atoms with E-state index in [4.69, 9.17) is 14.2 Å². The highest BCUT2D eigenvalue weighted by atomic mass is 16.7. The maximum Gasteiger partial charge on any atom is 0.177 e. The van der Waals surface area contributed by atoms with E-state index in [0.717, 1.165) is 0 Å². The largest absolute Gasteiger partial charge is 0.394 e. The highest BCUT2D eigenvalue weighted by molar-refractivity contribution is 5.01. The number of hydrogen-bond acceptors (Lipinski definition) is 10. The van der Waals surface area contributed by atoms with Crippen LogP contribution in [0.4, 0.5) is 0 Å². The molecule has 6 N–H and O–H groups in total. The van der Waals surface area contributed by atoms with Crippen molar-refractivity contribution >= 4 is 0 Å². The van der Waals surface area contributed by atoms with Crippen molar-refractivity contribution < 1.29 is 44.8 Å². The monoisotopic (exact) mass is 363 g/mol. The zero-order chi connectivity index (χ0) is 18.7. The Morgan fingerprint density at radius 2 is 1.48 bits per heavy atom. The van der Waals surface area contributed by atoms with Crippen molar-refractivity contribution in [2.24, 2.45) is 5.92 Å². The number of aliphatic hydroxyl groups excluding tert-OH is 6. The van der Waals surface area contributed by atoms with Gasteiger partial charge in [0.05, 0.1) is 25.4 Å². The third-order valence-electron chi connectivity index (χ3n) is 4.69. The van der Waals surface area contributed by atoms with E-state index in [2.05, 4.69) is 0 Å². The van der Waals surface area contributed by atoms with E-state index in [1.54, 1.807) is 13.0 Å². The Morgan fingerprint density at radius 1 is 0.880 bits per heavy atom. The van der Waals surface area contributed by atoms with E-state index in [1.165, 1.54) is 0 Å². The number of hydrogen-bond donors (Lipinski definition) is 6. The molecular weight excluding hydrogens is 338 g/mol. The standard InChI is InChI=1S/C15H25NO9/c1-2-7-11(20)13(22)14(9(5-18)23-7)25-15-6(3-16)10(19)12(21)8(4-17)24-15/h6-15,17-22H,2,4-5H2,1H3. The molecule has 10 nitrogen and oxygen atoms in total. The summed E-state index contributed by atoms with van der Waals surface area (Å²) in [7, 11) is 0. The van der Waals surface area contributed by atoms with Gasteiger partial charge in [0.1, 0.15) is 48.6 Å². The van der Waals surface area contributed by atoms with Crippen LogP contribution in [0, 0.1) is 17.2 Å². The Balaban J connectivity index is 2.18. The van der Waals surface area contributed by atoms with Crippen LogP contribution in [-0.2, 0) is 14.2 Å². The molecule has 2 heterocycles. The van der Waals surface area contributed by atoms with Gasteiger partial charge >= 0.3 is 0 Å². The molecule has 0 spiro atoms. The highest BCUT2D eigenvalue weighted by Crippen LogP contribution is 2.32. The number of nitriles is 1. The quantitative estimate of drug-likeness (QED) is 0.293. The van der Waals surface area contributed by atoms with Crippen molar-refractivity contribution in [2.75, 3.05) is 13.2 Å². The van der Waals surface area contributed by atoms with Crippen molar-refractivity contribution in [1.82, 2.24) is 0 Å². The van der Waals surface area contributed by atoms with Gasteiger partial charge in [0.2, 0.25) is 0 Å². The molecule has 0 saturated carbocycles. The van der Waals surface area contributed by atoms with Gasteiger partial charge in [-0.25, -0.2) is 0 Å². The Hall–Kier alpha value is -0.870. The van der Waals surface area contributed by atoms with E-state index >= 15 is 0 Å². The summed E-state index contributed by atoms with van der Waals surface area (Å²) in [6.45, 7) is 0.614. The van der Waals surface area contributed by atoms with Crippen LogP contribution in [0.2, 0.25) is 0 Å². The van der Waals surface area contributed by atoms with Gasteiger partial charge in [-0.1, -0.05) is 6.92 Å². The number of ether oxygens (including phenoxy) is 3. The normalized spacial score (nSPS) is 48.1. The minimum Gasteiger partial charge on any atom is -0.394 e. The summed E-state index contributed by atoms with van der Waals surface area (Å²) in [5.74, 6) is -1.30. The lowest BCUT2D eigenvalue weighted by atomic mass is 9.90. The molecule has 0 amide bonds. The highest BCUT2D eigenvalue weighted by Gasteiger charge is 2.50. The second kappa shape index (κ2) is 8.68. The molecule has 0 aromatic carbocycles. The first-order valence-electron chi connectivity index (χ1n) is 8.19. The first-order chi connectivity index (χ1) is 11.9. The minimum absolute atomic E-state index is 0.402. The Kier molecular flexibility index (Phi) is 7.10. The first-order valence-corrected chi connectivity index (χ1v) is 8.19. The minimum atomic E-state index is -1.54. The Morgan fingerprint density at radius 3 is 2.00 bits per heavy atom. The van der Waals surface area contributed by atoms with Crippen molar-refractivity contribution in [3.05, 3.63) is 0 Å². The predicted octanol–water partition coefficient (Wildman–Crippen LogP) is -3.16. The van der Waals surface area contributed by atoms with Crippen molar-refractivity contribution in [3.63, 3.8) is 0 Å². The SMILES string of the molecule is CCC1OC(CO)C(OC2OC(CO)C(O)C(O)C2C#N)C(O)C1O. The van der Waals surface area contributed by atoms with Crippen LogP contribution in [0.3, 0.4) is 0 Å². The second-order valence-electron chi connectivity index (χ2n) is 6.25. The lowest BCUT2D eigenvalue weighted by molar-refractivity contribution is -0.326. The van der Waals surface area contributed by atoms with Crippen LogP contribution in [0.25, 0.3) is 0 Å². The van der Waals surface area contributed by atoms with E-state index in [9.17, 15) is 35.9 Å².